The highest BCUT2D eigenvalue weighted by atomic mass is 35.5. The summed E-state index contributed by atoms with van der Waals surface area (Å²) in [5.41, 5.74) is 1.11. The van der Waals surface area contributed by atoms with Crippen molar-refractivity contribution >= 4 is 17.5 Å². The Labute approximate surface area is 119 Å². The predicted molar refractivity (Wildman–Crippen MR) is 76.7 cm³/mol. The number of hydrogen-bond donors (Lipinski definition) is 1. The minimum atomic E-state index is -0.383. The molecule has 2 rings (SSSR count). The summed E-state index contributed by atoms with van der Waals surface area (Å²) in [6.07, 6.45) is 2.24. The van der Waals surface area contributed by atoms with E-state index >= 15 is 0 Å². The van der Waals surface area contributed by atoms with Crippen LogP contribution in [0.1, 0.15) is 25.3 Å². The van der Waals surface area contributed by atoms with Crippen molar-refractivity contribution in [1.29, 1.82) is 0 Å². The first-order valence-electron chi connectivity index (χ1n) is 6.82. The fourth-order valence-corrected chi connectivity index (χ4v) is 2.60. The van der Waals surface area contributed by atoms with Gasteiger partial charge in [0.25, 0.3) is 5.91 Å². The van der Waals surface area contributed by atoms with Gasteiger partial charge in [0.1, 0.15) is 5.75 Å². The molecule has 0 saturated carbocycles. The third kappa shape index (κ3) is 3.63. The minimum absolute atomic E-state index is 0.0239. The zero-order valence-electron chi connectivity index (χ0n) is 11.2. The van der Waals surface area contributed by atoms with Gasteiger partial charge in [0.15, 0.2) is 6.10 Å². The van der Waals surface area contributed by atoms with Gasteiger partial charge in [-0.1, -0.05) is 31.5 Å². The number of amides is 1. The van der Waals surface area contributed by atoms with E-state index in [0.717, 1.165) is 24.2 Å². The number of alkyl halides is 1. The predicted octanol–water partition coefficient (Wildman–Crippen LogP) is 2.76. The summed E-state index contributed by atoms with van der Waals surface area (Å²) in [4.78, 5) is 12.1. The highest BCUT2D eigenvalue weighted by Crippen LogP contribution is 2.28. The Kier molecular flexibility index (Phi) is 5.08. The Morgan fingerprint density at radius 2 is 2.32 bits per heavy atom. The number of carbonyl (C=O) groups is 1. The van der Waals surface area contributed by atoms with Gasteiger partial charge in [0, 0.05) is 18.8 Å². The Hall–Kier alpha value is -1.22. The number of carbonyl (C=O) groups excluding carboxylic acids is 1. The molecule has 1 heterocycles. The molecule has 0 fully saturated rings. The van der Waals surface area contributed by atoms with Crippen molar-refractivity contribution in [2.45, 2.75) is 32.3 Å². The molecule has 0 radical (unpaired) electrons. The van der Waals surface area contributed by atoms with Crippen molar-refractivity contribution in [2.24, 2.45) is 5.92 Å². The molecule has 3 nitrogen and oxygen atoms in total. The second-order valence-electron chi connectivity index (χ2n) is 4.92. The topological polar surface area (TPSA) is 38.3 Å². The number of nitrogens with one attached hydrogen (secondary N) is 1. The van der Waals surface area contributed by atoms with Crippen LogP contribution >= 0.6 is 11.6 Å². The molecule has 1 aliphatic rings. The van der Waals surface area contributed by atoms with Crippen molar-refractivity contribution in [3.8, 4) is 5.75 Å². The third-order valence-corrected chi connectivity index (χ3v) is 3.82. The number of ether oxygens (including phenoxy) is 1. The lowest BCUT2D eigenvalue weighted by Gasteiger charge is -2.16. The van der Waals surface area contributed by atoms with E-state index in [2.05, 4.69) is 12.2 Å². The van der Waals surface area contributed by atoms with Crippen LogP contribution in [-0.2, 0) is 11.2 Å². The molecule has 0 spiro atoms. The molecule has 0 bridgehead atoms. The van der Waals surface area contributed by atoms with Gasteiger partial charge in [-0.3, -0.25) is 4.79 Å². The first-order chi connectivity index (χ1) is 9.24. The number of rotatable bonds is 6. The summed E-state index contributed by atoms with van der Waals surface area (Å²) in [5.74, 6) is 1.89. The lowest BCUT2D eigenvalue weighted by Crippen LogP contribution is -2.39. The quantitative estimate of drug-likeness (QED) is 0.814. The van der Waals surface area contributed by atoms with Crippen molar-refractivity contribution in [3.05, 3.63) is 29.8 Å². The molecule has 1 N–H and O–H groups in total. The molecule has 0 aromatic heterocycles. The standard InChI is InChI=1S/C15H20ClNO2/c1-2-11(7-8-16)10-17-15(18)14-9-12-5-3-4-6-13(12)19-14/h3-6,11,14H,2,7-10H2,1H3,(H,17,18). The molecule has 1 aromatic rings. The Balaban J connectivity index is 1.83. The minimum Gasteiger partial charge on any atom is -0.480 e. The van der Waals surface area contributed by atoms with E-state index < -0.39 is 0 Å². The maximum absolute atomic E-state index is 12.1. The van der Waals surface area contributed by atoms with Crippen LogP contribution in [0.15, 0.2) is 24.3 Å². The lowest BCUT2D eigenvalue weighted by atomic mass is 10.0. The highest BCUT2D eigenvalue weighted by Gasteiger charge is 2.28. The fourth-order valence-electron chi connectivity index (χ4n) is 2.29. The van der Waals surface area contributed by atoms with Gasteiger partial charge >= 0.3 is 0 Å². The number of fused-ring (bicyclic) bond motifs is 1. The van der Waals surface area contributed by atoms with Crippen LogP contribution in [-0.4, -0.2) is 24.4 Å². The Bertz CT molecular complexity index is 411. The van der Waals surface area contributed by atoms with E-state index in [1.165, 1.54) is 0 Å². The van der Waals surface area contributed by atoms with Crippen molar-refractivity contribution < 1.29 is 9.53 Å². The molecule has 19 heavy (non-hydrogen) atoms. The summed E-state index contributed by atoms with van der Waals surface area (Å²) >= 11 is 5.74. The van der Waals surface area contributed by atoms with Gasteiger partial charge in [-0.15, -0.1) is 11.6 Å². The normalized spacial score (nSPS) is 18.5. The zero-order valence-corrected chi connectivity index (χ0v) is 12.0. The van der Waals surface area contributed by atoms with Gasteiger partial charge in [0.2, 0.25) is 0 Å². The molecule has 2 atom stereocenters. The molecule has 1 aliphatic heterocycles. The van der Waals surface area contributed by atoms with Crippen LogP contribution in [0, 0.1) is 5.92 Å². The summed E-state index contributed by atoms with van der Waals surface area (Å²) in [6, 6.07) is 7.80. The summed E-state index contributed by atoms with van der Waals surface area (Å²) in [5, 5.41) is 2.97. The maximum atomic E-state index is 12.1. The first kappa shape index (κ1) is 14.2. The number of hydrogen-bond acceptors (Lipinski definition) is 2. The van der Waals surface area contributed by atoms with Crippen LogP contribution in [0.25, 0.3) is 0 Å². The smallest absolute Gasteiger partial charge is 0.261 e. The van der Waals surface area contributed by atoms with E-state index in [0.29, 0.717) is 24.8 Å². The molecule has 1 aromatic carbocycles. The molecular weight excluding hydrogens is 262 g/mol. The van der Waals surface area contributed by atoms with Gasteiger partial charge in [0.05, 0.1) is 0 Å². The van der Waals surface area contributed by atoms with Gasteiger partial charge in [-0.05, 0) is 24.0 Å². The van der Waals surface area contributed by atoms with E-state index in [-0.39, 0.29) is 12.0 Å². The van der Waals surface area contributed by atoms with E-state index in [1.807, 2.05) is 24.3 Å². The Morgan fingerprint density at radius 1 is 1.53 bits per heavy atom. The molecule has 0 saturated heterocycles. The van der Waals surface area contributed by atoms with Crippen molar-refractivity contribution in [3.63, 3.8) is 0 Å². The van der Waals surface area contributed by atoms with Crippen molar-refractivity contribution in [1.82, 2.24) is 5.32 Å². The van der Waals surface area contributed by atoms with Crippen LogP contribution in [0.2, 0.25) is 0 Å². The number of halogens is 1. The van der Waals surface area contributed by atoms with E-state index in [1.54, 1.807) is 0 Å². The second kappa shape index (κ2) is 6.80. The monoisotopic (exact) mass is 281 g/mol. The van der Waals surface area contributed by atoms with Crippen LogP contribution < -0.4 is 10.1 Å². The summed E-state index contributed by atoms with van der Waals surface area (Å²) < 4.78 is 5.66. The van der Waals surface area contributed by atoms with Crippen LogP contribution in [0.5, 0.6) is 5.75 Å². The summed E-state index contributed by atoms with van der Waals surface area (Å²) in [6.45, 7) is 2.80. The lowest BCUT2D eigenvalue weighted by molar-refractivity contribution is -0.127. The van der Waals surface area contributed by atoms with Crippen LogP contribution in [0.4, 0.5) is 0 Å². The first-order valence-corrected chi connectivity index (χ1v) is 7.36. The number of para-hydroxylation sites is 1. The Morgan fingerprint density at radius 3 is 3.00 bits per heavy atom. The van der Waals surface area contributed by atoms with Gasteiger partial charge < -0.3 is 10.1 Å². The maximum Gasteiger partial charge on any atom is 0.261 e. The molecular formula is C15H20ClNO2. The fraction of sp³-hybridized carbons (Fsp3) is 0.533. The van der Waals surface area contributed by atoms with Gasteiger partial charge in [-0.25, -0.2) is 0 Å². The SMILES string of the molecule is CCC(CCCl)CNC(=O)C1Cc2ccccc2O1. The molecule has 104 valence electrons. The van der Waals surface area contributed by atoms with E-state index in [4.69, 9.17) is 16.3 Å². The number of benzene rings is 1. The van der Waals surface area contributed by atoms with Crippen LogP contribution in [0.3, 0.4) is 0 Å². The molecule has 4 heteroatoms. The van der Waals surface area contributed by atoms with Crippen molar-refractivity contribution in [2.75, 3.05) is 12.4 Å². The largest absolute Gasteiger partial charge is 0.480 e. The molecule has 2 unspecified atom stereocenters. The average molecular weight is 282 g/mol. The van der Waals surface area contributed by atoms with E-state index in [9.17, 15) is 4.79 Å². The molecule has 0 aliphatic carbocycles. The average Bonchev–Trinajstić information content (AvgIpc) is 2.87. The highest BCUT2D eigenvalue weighted by molar-refractivity contribution is 6.17. The second-order valence-corrected chi connectivity index (χ2v) is 5.29. The zero-order chi connectivity index (χ0) is 13.7. The summed E-state index contributed by atoms with van der Waals surface area (Å²) in [7, 11) is 0. The third-order valence-electron chi connectivity index (χ3n) is 3.60. The molecule has 1 amide bonds. The van der Waals surface area contributed by atoms with Gasteiger partial charge in [-0.2, -0.15) is 0 Å².